The molecule has 1 atom stereocenters. The van der Waals surface area contributed by atoms with Crippen molar-refractivity contribution in [2.75, 3.05) is 27.7 Å². The second-order valence-electron chi connectivity index (χ2n) is 2.99. The van der Waals surface area contributed by atoms with E-state index in [4.69, 9.17) is 5.11 Å². The molecule has 0 heterocycles. The van der Waals surface area contributed by atoms with E-state index in [9.17, 15) is 0 Å². The Morgan fingerprint density at radius 2 is 1.78 bits per heavy atom. The van der Waals surface area contributed by atoms with Crippen LogP contribution in [-0.2, 0) is 0 Å². The summed E-state index contributed by atoms with van der Waals surface area (Å²) >= 11 is 0. The predicted molar refractivity (Wildman–Crippen MR) is 42.2 cm³/mol. The Balaban J connectivity index is 0. The fourth-order valence-corrected chi connectivity index (χ4v) is 1.07. The van der Waals surface area contributed by atoms with Crippen LogP contribution in [0.5, 0.6) is 0 Å². The number of aliphatic hydroxyl groups excluding tert-OH is 1. The molecular weight excluding hydrogens is 135 g/mol. The molecule has 0 spiro atoms. The van der Waals surface area contributed by atoms with E-state index in [2.05, 4.69) is 9.24 Å². The molecule has 0 bridgehead atoms. The second-order valence-corrected chi connectivity index (χ2v) is 3.66. The maximum atomic E-state index is 8.79. The number of rotatable bonds is 2. The van der Waals surface area contributed by atoms with Crippen molar-refractivity contribution in [2.45, 2.75) is 5.85 Å². The number of hydrogen-bond acceptors (Lipinski definition) is 2. The number of likely N-dealkylation sites (N-methyl/N-ethyl adjacent to an activating group) is 1. The molecule has 0 aromatic rings. The van der Waals surface area contributed by atoms with Crippen LogP contribution in [0.25, 0.3) is 0 Å². The molecule has 4 N–H and O–H groups in total. The van der Waals surface area contributed by atoms with Crippen LogP contribution in [-0.4, -0.2) is 43.1 Å². The minimum atomic E-state index is -0.380. The van der Waals surface area contributed by atoms with Crippen molar-refractivity contribution in [1.82, 2.24) is 6.15 Å². The standard InChI is InChI=1S/C5H14NOP.H3N/c1-6(2,3)4-5(7)8;/h5,7-8H,4H2,1-3H3;1H3. The maximum absolute atomic E-state index is 8.79. The van der Waals surface area contributed by atoms with Gasteiger partial charge >= 0.3 is 0 Å². The molecule has 0 saturated carbocycles. The van der Waals surface area contributed by atoms with E-state index < -0.39 is 0 Å². The first-order valence-corrected chi connectivity index (χ1v) is 3.19. The quantitative estimate of drug-likeness (QED) is 0.442. The summed E-state index contributed by atoms with van der Waals surface area (Å²) in [6.45, 7) is 0.733. The van der Waals surface area contributed by atoms with Gasteiger partial charge < -0.3 is 25.0 Å². The zero-order valence-electron chi connectivity index (χ0n) is 6.39. The lowest BCUT2D eigenvalue weighted by atomic mass is 10.5. The van der Waals surface area contributed by atoms with Crippen LogP contribution in [0, 0.1) is 0 Å². The van der Waals surface area contributed by atoms with E-state index in [-0.39, 0.29) is 12.0 Å². The Hall–Kier alpha value is 0.310. The molecule has 9 heavy (non-hydrogen) atoms. The van der Waals surface area contributed by atoms with Crippen molar-refractivity contribution < 1.29 is 9.59 Å². The summed E-state index contributed by atoms with van der Waals surface area (Å²) in [6.07, 6.45) is 0. The first-order chi connectivity index (χ1) is 3.42. The Morgan fingerprint density at radius 1 is 1.44 bits per heavy atom. The lowest BCUT2D eigenvalue weighted by molar-refractivity contribution is -0.871. The van der Waals surface area contributed by atoms with E-state index in [0.717, 1.165) is 11.0 Å². The van der Waals surface area contributed by atoms with Crippen LogP contribution in [0.2, 0.25) is 0 Å². The van der Waals surface area contributed by atoms with Gasteiger partial charge in [0.25, 0.3) is 0 Å². The van der Waals surface area contributed by atoms with Crippen LogP contribution >= 0.6 is 9.24 Å². The van der Waals surface area contributed by atoms with Crippen molar-refractivity contribution >= 4 is 9.24 Å². The topological polar surface area (TPSA) is 55.2 Å². The van der Waals surface area contributed by atoms with Gasteiger partial charge in [0.05, 0.1) is 27.7 Å². The van der Waals surface area contributed by atoms with Crippen LogP contribution in [0.1, 0.15) is 0 Å². The molecule has 0 fully saturated rings. The Morgan fingerprint density at radius 3 is 1.78 bits per heavy atom. The summed E-state index contributed by atoms with van der Waals surface area (Å²) in [6, 6.07) is 0. The van der Waals surface area contributed by atoms with Gasteiger partial charge in [0.2, 0.25) is 0 Å². The maximum Gasteiger partial charge on any atom is 0.0767 e. The number of aliphatic hydroxyl groups is 1. The van der Waals surface area contributed by atoms with Gasteiger partial charge in [-0.2, -0.15) is 0 Å². The van der Waals surface area contributed by atoms with Gasteiger partial charge in [-0.3, -0.25) is 0 Å². The predicted octanol–water partition coefficient (Wildman–Crippen LogP) is 0.316. The molecule has 0 aliphatic carbocycles. The molecule has 1 unspecified atom stereocenters. The Kier molecular flexibility index (Phi) is 5.58. The van der Waals surface area contributed by atoms with Gasteiger partial charge in [-0.05, 0) is 5.85 Å². The molecule has 0 rings (SSSR count). The van der Waals surface area contributed by atoms with Crippen LogP contribution in [0.4, 0.5) is 0 Å². The van der Waals surface area contributed by atoms with E-state index >= 15 is 0 Å². The van der Waals surface area contributed by atoms with Crippen molar-refractivity contribution in [3.8, 4) is 0 Å². The van der Waals surface area contributed by atoms with Gasteiger partial charge in [-0.1, -0.05) is 0 Å². The number of quaternary nitrogens is 1. The summed E-state index contributed by atoms with van der Waals surface area (Å²) < 4.78 is 0.782. The van der Waals surface area contributed by atoms with Gasteiger partial charge in [0.15, 0.2) is 0 Å². The highest BCUT2D eigenvalue weighted by atomic mass is 31.0. The van der Waals surface area contributed by atoms with Gasteiger partial charge in [-0.15, -0.1) is 0 Å². The fraction of sp³-hybridized carbons (Fsp3) is 1.00. The largest absolute Gasteiger partial charge is 0.520 e. The SMILES string of the molecule is C[N+](C)(C)CC(O)[PH-].N. The molecule has 0 aromatic carbocycles. The fourth-order valence-electron chi connectivity index (χ4n) is 0.519. The zero-order valence-corrected chi connectivity index (χ0v) is 7.39. The minimum absolute atomic E-state index is 0. The zero-order chi connectivity index (χ0) is 6.78. The average molecular weight is 152 g/mol. The van der Waals surface area contributed by atoms with Crippen molar-refractivity contribution in [2.24, 2.45) is 0 Å². The molecule has 0 radical (unpaired) electrons. The third-order valence-corrected chi connectivity index (χ3v) is 0.903. The molecule has 0 aliphatic heterocycles. The minimum Gasteiger partial charge on any atom is -0.520 e. The van der Waals surface area contributed by atoms with E-state index in [1.165, 1.54) is 0 Å². The second kappa shape index (κ2) is 4.18. The molecule has 58 valence electrons. The molecule has 0 aliphatic rings. The van der Waals surface area contributed by atoms with Crippen LogP contribution < -0.4 is 6.15 Å². The third kappa shape index (κ3) is 11.7. The van der Waals surface area contributed by atoms with Crippen molar-refractivity contribution in [1.29, 1.82) is 0 Å². The van der Waals surface area contributed by atoms with Gasteiger partial charge in [-0.25, -0.2) is 0 Å². The highest BCUT2D eigenvalue weighted by Gasteiger charge is 2.04. The van der Waals surface area contributed by atoms with Crippen molar-refractivity contribution in [3.05, 3.63) is 0 Å². The lowest BCUT2D eigenvalue weighted by Gasteiger charge is -2.28. The molecule has 0 amide bonds. The number of hydrogen-bond donors (Lipinski definition) is 2. The highest BCUT2D eigenvalue weighted by Crippen LogP contribution is 1.99. The first kappa shape index (κ1) is 12.0. The number of nitrogens with zero attached hydrogens (tertiary/aromatic N) is 1. The average Bonchev–Trinajstić information content (AvgIpc) is 1.21. The Labute approximate surface area is 59.4 Å². The van der Waals surface area contributed by atoms with E-state index in [1.54, 1.807) is 0 Å². The van der Waals surface area contributed by atoms with E-state index in [1.807, 2.05) is 21.1 Å². The molecule has 0 aromatic heterocycles. The summed E-state index contributed by atoms with van der Waals surface area (Å²) in [7, 11) is 9.19. The lowest BCUT2D eigenvalue weighted by Crippen LogP contribution is -2.39. The normalized spacial score (nSPS) is 14.3. The summed E-state index contributed by atoms with van der Waals surface area (Å²) in [5, 5.41) is 8.79. The summed E-state index contributed by atoms with van der Waals surface area (Å²) in [5.41, 5.74) is 0. The molecular formula is C5H17N2OP. The molecule has 3 nitrogen and oxygen atoms in total. The summed E-state index contributed by atoms with van der Waals surface area (Å²) in [4.78, 5) is 0. The van der Waals surface area contributed by atoms with E-state index in [0.29, 0.717) is 0 Å². The highest BCUT2D eigenvalue weighted by molar-refractivity contribution is 7.17. The molecule has 4 heteroatoms. The smallest absolute Gasteiger partial charge is 0.0767 e. The van der Waals surface area contributed by atoms with Crippen LogP contribution in [0.3, 0.4) is 0 Å². The molecule has 0 saturated heterocycles. The van der Waals surface area contributed by atoms with Gasteiger partial charge in [0, 0.05) is 0 Å². The third-order valence-electron chi connectivity index (χ3n) is 0.721. The monoisotopic (exact) mass is 152 g/mol. The Bertz CT molecular complexity index is 69.8. The summed E-state index contributed by atoms with van der Waals surface area (Å²) in [5.74, 6) is -0.380. The first-order valence-electron chi connectivity index (χ1n) is 2.61. The van der Waals surface area contributed by atoms with Crippen LogP contribution in [0.15, 0.2) is 0 Å². The van der Waals surface area contributed by atoms with Gasteiger partial charge in [0.1, 0.15) is 0 Å². The van der Waals surface area contributed by atoms with Crippen molar-refractivity contribution in [3.63, 3.8) is 0 Å².